The van der Waals surface area contributed by atoms with Crippen molar-refractivity contribution in [3.63, 3.8) is 0 Å². The zero-order valence-electron chi connectivity index (χ0n) is 10.1. The number of carbonyl (C=O) groups is 1. The summed E-state index contributed by atoms with van der Waals surface area (Å²) in [6.45, 7) is 0. The lowest BCUT2D eigenvalue weighted by molar-refractivity contribution is 0.0697. The van der Waals surface area contributed by atoms with Gasteiger partial charge in [0.15, 0.2) is 0 Å². The Morgan fingerprint density at radius 2 is 2.15 bits per heavy atom. The Bertz CT molecular complexity index is 755. The molecule has 1 N–H and O–H groups in total. The lowest BCUT2D eigenvalue weighted by Crippen LogP contribution is -1.95. The van der Waals surface area contributed by atoms with Gasteiger partial charge < -0.3 is 9.63 Å². The summed E-state index contributed by atoms with van der Waals surface area (Å²) in [5.41, 5.74) is 1.17. The van der Waals surface area contributed by atoms with Crippen molar-refractivity contribution >= 4 is 5.97 Å². The second-order valence-corrected chi connectivity index (χ2v) is 3.90. The van der Waals surface area contributed by atoms with Crippen molar-refractivity contribution in [1.82, 2.24) is 20.1 Å². The first-order valence-electron chi connectivity index (χ1n) is 5.68. The van der Waals surface area contributed by atoms with Crippen LogP contribution in [0.25, 0.3) is 23.0 Å². The van der Waals surface area contributed by atoms with Crippen LogP contribution in [0.4, 0.5) is 0 Å². The average Bonchev–Trinajstić information content (AvgIpc) is 2.98. The summed E-state index contributed by atoms with van der Waals surface area (Å²) in [6.07, 6.45) is 4.58. The number of aromatic carboxylic acids is 1. The molecule has 2 aromatic heterocycles. The molecule has 7 nitrogen and oxygen atoms in total. The van der Waals surface area contributed by atoms with E-state index in [4.69, 9.17) is 9.63 Å². The fourth-order valence-corrected chi connectivity index (χ4v) is 1.64. The van der Waals surface area contributed by atoms with Crippen molar-refractivity contribution in [1.29, 1.82) is 0 Å². The van der Waals surface area contributed by atoms with Crippen molar-refractivity contribution < 1.29 is 14.4 Å². The van der Waals surface area contributed by atoms with Gasteiger partial charge in [-0.2, -0.15) is 4.98 Å². The molecule has 3 rings (SSSR count). The number of hydrogen-bond acceptors (Lipinski definition) is 6. The van der Waals surface area contributed by atoms with Gasteiger partial charge in [-0.25, -0.2) is 9.78 Å². The molecule has 0 fully saturated rings. The maximum atomic E-state index is 10.9. The van der Waals surface area contributed by atoms with E-state index < -0.39 is 5.97 Å². The van der Waals surface area contributed by atoms with Gasteiger partial charge in [0.05, 0.1) is 11.8 Å². The van der Waals surface area contributed by atoms with Crippen molar-refractivity contribution in [3.05, 3.63) is 48.4 Å². The van der Waals surface area contributed by atoms with E-state index in [9.17, 15) is 4.79 Å². The summed E-state index contributed by atoms with van der Waals surface area (Å²) in [7, 11) is 0. The van der Waals surface area contributed by atoms with Crippen LogP contribution < -0.4 is 0 Å². The van der Waals surface area contributed by atoms with Crippen LogP contribution in [0, 0.1) is 0 Å². The van der Waals surface area contributed by atoms with Gasteiger partial charge in [0, 0.05) is 18.0 Å². The van der Waals surface area contributed by atoms with Crippen LogP contribution in [0.2, 0.25) is 0 Å². The van der Waals surface area contributed by atoms with Gasteiger partial charge in [-0.3, -0.25) is 4.98 Å². The predicted molar refractivity (Wildman–Crippen MR) is 67.7 cm³/mol. The monoisotopic (exact) mass is 268 g/mol. The van der Waals surface area contributed by atoms with Gasteiger partial charge in [-0.15, -0.1) is 0 Å². The van der Waals surface area contributed by atoms with Crippen LogP contribution in [0.3, 0.4) is 0 Å². The number of carboxylic acid groups (broad SMARTS) is 1. The number of rotatable bonds is 3. The molecule has 2 heterocycles. The molecule has 0 aliphatic carbocycles. The summed E-state index contributed by atoms with van der Waals surface area (Å²) in [4.78, 5) is 23.1. The molecule has 0 aliphatic rings. The van der Waals surface area contributed by atoms with E-state index in [0.717, 1.165) is 0 Å². The fourth-order valence-electron chi connectivity index (χ4n) is 1.64. The predicted octanol–water partition coefficient (Wildman–Crippen LogP) is 1.89. The second-order valence-electron chi connectivity index (χ2n) is 3.90. The molecule has 3 aromatic rings. The van der Waals surface area contributed by atoms with Gasteiger partial charge >= 0.3 is 5.97 Å². The third-order valence-electron chi connectivity index (χ3n) is 2.57. The topological polar surface area (TPSA) is 102 Å². The molecular formula is C13H8N4O3. The highest BCUT2D eigenvalue weighted by atomic mass is 16.5. The van der Waals surface area contributed by atoms with Gasteiger partial charge in [0.25, 0.3) is 5.89 Å². The first-order chi connectivity index (χ1) is 9.74. The molecule has 0 unspecified atom stereocenters. The maximum Gasteiger partial charge on any atom is 0.335 e. The van der Waals surface area contributed by atoms with Crippen LogP contribution in [0.5, 0.6) is 0 Å². The molecule has 0 atom stereocenters. The molecule has 0 amide bonds. The minimum atomic E-state index is -1.01. The standard InChI is InChI=1S/C13H8N4O3/c18-13(19)9-3-1-2-8(6-9)12-16-11(17-20-12)10-7-14-4-5-15-10/h1-7H,(H,18,19). The Morgan fingerprint density at radius 3 is 2.90 bits per heavy atom. The molecule has 0 saturated heterocycles. The molecule has 0 saturated carbocycles. The SMILES string of the molecule is O=C(O)c1cccc(-c2nc(-c3cnccn3)no2)c1. The molecular weight excluding hydrogens is 260 g/mol. The van der Waals surface area contributed by atoms with E-state index in [2.05, 4.69) is 20.1 Å². The van der Waals surface area contributed by atoms with Gasteiger partial charge in [-0.05, 0) is 18.2 Å². The lowest BCUT2D eigenvalue weighted by atomic mass is 10.1. The summed E-state index contributed by atoms with van der Waals surface area (Å²) >= 11 is 0. The first-order valence-corrected chi connectivity index (χ1v) is 5.68. The Morgan fingerprint density at radius 1 is 1.25 bits per heavy atom. The van der Waals surface area contributed by atoms with E-state index in [1.807, 2.05) is 0 Å². The van der Waals surface area contributed by atoms with Crippen LogP contribution >= 0.6 is 0 Å². The van der Waals surface area contributed by atoms with Crippen LogP contribution in [0.15, 0.2) is 47.4 Å². The van der Waals surface area contributed by atoms with Gasteiger partial charge in [-0.1, -0.05) is 11.2 Å². The Hall–Kier alpha value is -3.09. The summed E-state index contributed by atoms with van der Waals surface area (Å²) < 4.78 is 5.12. The van der Waals surface area contributed by atoms with E-state index >= 15 is 0 Å². The number of benzene rings is 1. The number of aromatic nitrogens is 4. The molecule has 20 heavy (non-hydrogen) atoms. The Balaban J connectivity index is 1.98. The maximum absolute atomic E-state index is 10.9. The van der Waals surface area contributed by atoms with E-state index in [1.54, 1.807) is 18.3 Å². The van der Waals surface area contributed by atoms with Crippen molar-refractivity contribution in [2.24, 2.45) is 0 Å². The first kappa shape index (κ1) is 12.0. The van der Waals surface area contributed by atoms with Crippen molar-refractivity contribution in [2.75, 3.05) is 0 Å². The highest BCUT2D eigenvalue weighted by Gasteiger charge is 2.13. The molecule has 0 bridgehead atoms. The number of nitrogens with zero attached hydrogens (tertiary/aromatic N) is 4. The molecule has 7 heteroatoms. The van der Waals surface area contributed by atoms with E-state index in [-0.39, 0.29) is 11.5 Å². The minimum Gasteiger partial charge on any atom is -0.478 e. The second kappa shape index (κ2) is 4.88. The fraction of sp³-hybridized carbons (Fsp3) is 0. The highest BCUT2D eigenvalue weighted by molar-refractivity contribution is 5.89. The summed E-state index contributed by atoms with van der Waals surface area (Å²) in [5.74, 6) is -0.483. The van der Waals surface area contributed by atoms with Gasteiger partial charge in [0.2, 0.25) is 5.82 Å². The summed E-state index contributed by atoms with van der Waals surface area (Å²) in [5, 5.41) is 12.8. The molecule has 0 aliphatic heterocycles. The smallest absolute Gasteiger partial charge is 0.335 e. The Kier molecular flexibility index (Phi) is 2.92. The van der Waals surface area contributed by atoms with Crippen LogP contribution in [-0.2, 0) is 0 Å². The van der Waals surface area contributed by atoms with E-state index in [1.165, 1.54) is 24.5 Å². The molecule has 1 aromatic carbocycles. The minimum absolute atomic E-state index is 0.154. The zero-order valence-corrected chi connectivity index (χ0v) is 10.1. The quantitative estimate of drug-likeness (QED) is 0.773. The number of carboxylic acids is 1. The Labute approximate surface area is 112 Å². The normalized spacial score (nSPS) is 10.4. The molecule has 98 valence electrons. The third-order valence-corrected chi connectivity index (χ3v) is 2.57. The zero-order chi connectivity index (χ0) is 13.9. The van der Waals surface area contributed by atoms with Crippen LogP contribution in [-0.4, -0.2) is 31.2 Å². The largest absolute Gasteiger partial charge is 0.478 e. The summed E-state index contributed by atoms with van der Waals surface area (Å²) in [6, 6.07) is 6.27. The van der Waals surface area contributed by atoms with Crippen LogP contribution in [0.1, 0.15) is 10.4 Å². The van der Waals surface area contributed by atoms with Crippen molar-refractivity contribution in [2.45, 2.75) is 0 Å². The average molecular weight is 268 g/mol. The lowest BCUT2D eigenvalue weighted by Gasteiger charge is -1.96. The third kappa shape index (κ3) is 2.24. The molecule has 0 radical (unpaired) electrons. The molecule has 0 spiro atoms. The van der Waals surface area contributed by atoms with Gasteiger partial charge in [0.1, 0.15) is 5.69 Å². The van der Waals surface area contributed by atoms with Crippen molar-refractivity contribution in [3.8, 4) is 23.0 Å². The van der Waals surface area contributed by atoms with E-state index in [0.29, 0.717) is 17.1 Å². The number of hydrogen-bond donors (Lipinski definition) is 1. The highest BCUT2D eigenvalue weighted by Crippen LogP contribution is 2.21.